The first-order valence-electron chi connectivity index (χ1n) is 13.8. The summed E-state index contributed by atoms with van der Waals surface area (Å²) < 4.78 is 6.16. The van der Waals surface area contributed by atoms with E-state index in [1.54, 1.807) is 6.92 Å². The molecule has 10 atom stereocenters. The minimum atomic E-state index is -0.0423. The van der Waals surface area contributed by atoms with Crippen LogP contribution in [0, 0.1) is 57.7 Å². The zero-order chi connectivity index (χ0) is 22.2. The van der Waals surface area contributed by atoms with Crippen LogP contribution in [0.25, 0.3) is 0 Å². The fourth-order valence-corrected chi connectivity index (χ4v) is 10.7. The topological polar surface area (TPSA) is 26.3 Å². The van der Waals surface area contributed by atoms with Crippen LogP contribution in [-0.2, 0) is 9.53 Å². The van der Waals surface area contributed by atoms with Gasteiger partial charge in [0.05, 0.1) is 0 Å². The maximum absolute atomic E-state index is 12.1. The largest absolute Gasteiger partial charge is 0.462 e. The van der Waals surface area contributed by atoms with Crippen LogP contribution in [0.15, 0.2) is 0 Å². The van der Waals surface area contributed by atoms with Gasteiger partial charge in [-0.3, -0.25) is 4.79 Å². The van der Waals surface area contributed by atoms with E-state index >= 15 is 0 Å². The highest BCUT2D eigenvalue weighted by Gasteiger charge is 2.78. The maximum atomic E-state index is 12.1. The fraction of sp³-hybridized carbons (Fsp3) is 0.966. The quantitative estimate of drug-likeness (QED) is 0.406. The third kappa shape index (κ3) is 3.12. The summed E-state index contributed by atoms with van der Waals surface area (Å²) >= 11 is 0. The molecule has 5 fully saturated rings. The van der Waals surface area contributed by atoms with Gasteiger partial charge in [-0.2, -0.15) is 0 Å². The monoisotopic (exact) mass is 428 g/mol. The first-order chi connectivity index (χ1) is 14.6. The fourth-order valence-electron chi connectivity index (χ4n) is 10.7. The molecule has 0 N–H and O–H groups in total. The second-order valence-electron chi connectivity index (χ2n) is 13.6. The number of esters is 1. The second-order valence-corrected chi connectivity index (χ2v) is 13.6. The molecule has 0 aromatic rings. The van der Waals surface area contributed by atoms with Gasteiger partial charge in [-0.15, -0.1) is 0 Å². The van der Waals surface area contributed by atoms with Crippen LogP contribution in [0.4, 0.5) is 0 Å². The van der Waals surface area contributed by atoms with E-state index in [9.17, 15) is 4.79 Å². The Hall–Kier alpha value is -0.530. The molecule has 2 nitrogen and oxygen atoms in total. The van der Waals surface area contributed by atoms with Crippen LogP contribution in [0.1, 0.15) is 112 Å². The SMILES string of the molecule is CC(=O)O[C@@H]1C[C@H]2[C@@H]3CC[C@H]([C@H](C)CCCC(C)C)[C@@]3(C)CC[C@@H]2[C@@]2(C)CC[C@@H]3C[C@]312. The Kier molecular flexibility index (Phi) is 5.38. The van der Waals surface area contributed by atoms with Gasteiger partial charge in [0.15, 0.2) is 0 Å². The summed E-state index contributed by atoms with van der Waals surface area (Å²) in [4.78, 5) is 12.1. The van der Waals surface area contributed by atoms with Crippen molar-refractivity contribution < 1.29 is 9.53 Å². The van der Waals surface area contributed by atoms with E-state index in [2.05, 4.69) is 34.6 Å². The first kappa shape index (κ1) is 22.3. The molecule has 0 unspecified atom stereocenters. The summed E-state index contributed by atoms with van der Waals surface area (Å²) in [6, 6.07) is 0. The molecule has 0 aromatic heterocycles. The molecule has 2 heteroatoms. The molecule has 31 heavy (non-hydrogen) atoms. The van der Waals surface area contributed by atoms with Crippen molar-refractivity contribution in [3.05, 3.63) is 0 Å². The lowest BCUT2D eigenvalue weighted by Crippen LogP contribution is -2.57. The standard InChI is InChI=1S/C29H48O2/c1-18(2)8-7-9-19(3)23-10-11-24-22-16-26(31-20(4)30)29-17-21(29)12-15-28(29,6)25(22)13-14-27(23,24)5/h18-19,21-26H,7-17H2,1-6H3/t19-,21-,22+,23-,24+,25+,26-,27-,28-,29+/m1/s1. The Labute approximate surface area is 191 Å². The lowest BCUT2D eigenvalue weighted by Gasteiger charge is -2.60. The highest BCUT2D eigenvalue weighted by atomic mass is 16.5. The summed E-state index contributed by atoms with van der Waals surface area (Å²) in [5.41, 5.74) is 1.28. The Morgan fingerprint density at radius 1 is 1.00 bits per heavy atom. The van der Waals surface area contributed by atoms with Gasteiger partial charge in [0.2, 0.25) is 0 Å². The molecule has 5 saturated carbocycles. The number of carbonyl (C=O) groups excluding carboxylic acids is 1. The summed E-state index contributed by atoms with van der Waals surface area (Å²) in [5, 5.41) is 0. The number of hydrogen-bond donors (Lipinski definition) is 0. The van der Waals surface area contributed by atoms with Crippen LogP contribution >= 0.6 is 0 Å². The van der Waals surface area contributed by atoms with E-state index in [-0.39, 0.29) is 12.1 Å². The molecule has 5 rings (SSSR count). The van der Waals surface area contributed by atoms with Crippen molar-refractivity contribution in [2.24, 2.45) is 57.7 Å². The average molecular weight is 429 g/mol. The van der Waals surface area contributed by atoms with Crippen LogP contribution in [0.2, 0.25) is 0 Å². The second kappa shape index (κ2) is 7.49. The summed E-state index contributed by atoms with van der Waals surface area (Å²) in [7, 11) is 0. The van der Waals surface area contributed by atoms with Crippen molar-refractivity contribution in [3.63, 3.8) is 0 Å². The molecule has 0 radical (unpaired) electrons. The predicted molar refractivity (Wildman–Crippen MR) is 126 cm³/mol. The number of ether oxygens (including phenoxy) is 1. The van der Waals surface area contributed by atoms with Gasteiger partial charge in [0.1, 0.15) is 6.10 Å². The van der Waals surface area contributed by atoms with Crippen LogP contribution in [0.3, 0.4) is 0 Å². The van der Waals surface area contributed by atoms with Gasteiger partial charge >= 0.3 is 5.97 Å². The molecule has 0 saturated heterocycles. The third-order valence-corrected chi connectivity index (χ3v) is 12.1. The van der Waals surface area contributed by atoms with Crippen molar-refractivity contribution in [2.45, 2.75) is 118 Å². The molecule has 0 amide bonds. The summed E-state index contributed by atoms with van der Waals surface area (Å²) in [6.07, 6.45) is 15.4. The molecule has 5 aliphatic carbocycles. The van der Waals surface area contributed by atoms with E-state index in [1.807, 2.05) is 0 Å². The van der Waals surface area contributed by atoms with Crippen LogP contribution < -0.4 is 0 Å². The first-order valence-corrected chi connectivity index (χ1v) is 13.8. The van der Waals surface area contributed by atoms with Gasteiger partial charge in [-0.25, -0.2) is 0 Å². The molecular weight excluding hydrogens is 380 g/mol. The lowest BCUT2D eigenvalue weighted by atomic mass is 9.45. The summed E-state index contributed by atoms with van der Waals surface area (Å²) in [5.74, 6) is 5.91. The Bertz CT molecular complexity index is 714. The van der Waals surface area contributed by atoms with Gasteiger partial charge in [0.25, 0.3) is 0 Å². The van der Waals surface area contributed by atoms with Crippen LogP contribution in [0.5, 0.6) is 0 Å². The van der Waals surface area contributed by atoms with Crippen molar-refractivity contribution in [2.75, 3.05) is 0 Å². The highest BCUT2D eigenvalue weighted by Crippen LogP contribution is 2.82. The number of fused-ring (bicyclic) bond motifs is 4. The molecule has 0 bridgehead atoms. The van der Waals surface area contributed by atoms with E-state index in [0.717, 1.165) is 41.4 Å². The van der Waals surface area contributed by atoms with Crippen molar-refractivity contribution >= 4 is 5.97 Å². The van der Waals surface area contributed by atoms with E-state index < -0.39 is 0 Å². The number of rotatable bonds is 6. The van der Waals surface area contributed by atoms with Crippen molar-refractivity contribution in [1.29, 1.82) is 0 Å². The smallest absolute Gasteiger partial charge is 0.302 e. The minimum absolute atomic E-state index is 0.0423. The number of hydrogen-bond acceptors (Lipinski definition) is 2. The van der Waals surface area contributed by atoms with Gasteiger partial charge in [-0.05, 0) is 104 Å². The zero-order valence-electron chi connectivity index (χ0n) is 21.2. The molecule has 5 aliphatic rings. The van der Waals surface area contributed by atoms with E-state index in [4.69, 9.17) is 4.74 Å². The molecule has 176 valence electrons. The maximum Gasteiger partial charge on any atom is 0.302 e. The predicted octanol–water partition coefficient (Wildman–Crippen LogP) is 7.65. The molecule has 0 aromatic carbocycles. The van der Waals surface area contributed by atoms with Crippen LogP contribution in [-0.4, -0.2) is 12.1 Å². The van der Waals surface area contributed by atoms with Gasteiger partial charge in [0, 0.05) is 12.3 Å². The highest BCUT2D eigenvalue weighted by molar-refractivity contribution is 5.66. The molecule has 0 heterocycles. The van der Waals surface area contributed by atoms with Crippen molar-refractivity contribution in [1.82, 2.24) is 0 Å². The molecule has 1 spiro atoms. The molecule has 0 aliphatic heterocycles. The lowest BCUT2D eigenvalue weighted by molar-refractivity contribution is -0.182. The summed E-state index contributed by atoms with van der Waals surface area (Å²) in [6.45, 7) is 14.2. The van der Waals surface area contributed by atoms with Gasteiger partial charge in [-0.1, -0.05) is 53.9 Å². The van der Waals surface area contributed by atoms with E-state index in [1.165, 1.54) is 70.6 Å². The molecular formula is C29H48O2. The normalized spacial score (nSPS) is 50.9. The average Bonchev–Trinajstić information content (AvgIpc) is 3.20. The third-order valence-electron chi connectivity index (χ3n) is 12.1. The van der Waals surface area contributed by atoms with E-state index in [0.29, 0.717) is 16.2 Å². The van der Waals surface area contributed by atoms with Crippen molar-refractivity contribution in [3.8, 4) is 0 Å². The number of carbonyl (C=O) groups is 1. The Morgan fingerprint density at radius 2 is 1.77 bits per heavy atom. The Morgan fingerprint density at radius 3 is 2.45 bits per heavy atom. The zero-order valence-corrected chi connectivity index (χ0v) is 21.2. The van der Waals surface area contributed by atoms with Gasteiger partial charge < -0.3 is 4.74 Å². The Balaban J connectivity index is 1.37. The minimum Gasteiger partial charge on any atom is -0.462 e.